The summed E-state index contributed by atoms with van der Waals surface area (Å²) in [6.45, 7) is 10.6. The Bertz CT molecular complexity index is 195. The second-order valence-electron chi connectivity index (χ2n) is 4.69. The maximum atomic E-state index is 9.51. The minimum absolute atomic E-state index is 0.185. The Hall–Kier alpha value is -0.200. The number of nitrogens with zero attached hydrogens (tertiary/aromatic N) is 1. The largest absolute Gasteiger partial charge is 0.392 e. The van der Waals surface area contributed by atoms with Gasteiger partial charge in [-0.3, -0.25) is 4.90 Å². The maximum absolute atomic E-state index is 9.51. The van der Waals surface area contributed by atoms with Crippen LogP contribution < -0.4 is 5.32 Å². The molecule has 0 aromatic rings. The molecule has 0 saturated carbocycles. The molecule has 0 aromatic carbocycles. The number of β-amino-alcohol motifs (C(OH)–C–C–N with tert-alkyl or cyclic N) is 1. The van der Waals surface area contributed by atoms with Crippen LogP contribution in [0, 0.1) is 0 Å². The van der Waals surface area contributed by atoms with Crippen LogP contribution in [0.1, 0.15) is 20.3 Å². The molecule has 2 N–H and O–H groups in total. The highest BCUT2D eigenvalue weighted by atomic mass is 16.5. The van der Waals surface area contributed by atoms with Gasteiger partial charge in [-0.1, -0.05) is 0 Å². The number of hydrogen-bond donors (Lipinski definition) is 2. The van der Waals surface area contributed by atoms with E-state index < -0.39 is 0 Å². The lowest BCUT2D eigenvalue weighted by Crippen LogP contribution is -2.40. The third-order valence-corrected chi connectivity index (χ3v) is 3.19. The zero-order valence-electron chi connectivity index (χ0n) is 11.7. The fourth-order valence-corrected chi connectivity index (χ4v) is 2.22. The molecule has 0 aliphatic carbocycles. The van der Waals surface area contributed by atoms with Crippen molar-refractivity contribution in [2.24, 2.45) is 0 Å². The second kappa shape index (κ2) is 9.69. The zero-order valence-corrected chi connectivity index (χ0v) is 11.7. The first-order valence-electron chi connectivity index (χ1n) is 7.05. The summed E-state index contributed by atoms with van der Waals surface area (Å²) in [5, 5.41) is 12.9. The van der Waals surface area contributed by atoms with Crippen molar-refractivity contribution < 1.29 is 14.6 Å². The summed E-state index contributed by atoms with van der Waals surface area (Å²) >= 11 is 0. The van der Waals surface area contributed by atoms with E-state index in [0.717, 1.165) is 59.0 Å². The van der Waals surface area contributed by atoms with Crippen LogP contribution in [0.2, 0.25) is 0 Å². The first-order chi connectivity index (χ1) is 8.76. The molecule has 1 aliphatic heterocycles. The molecule has 2 atom stereocenters. The minimum Gasteiger partial charge on any atom is -0.392 e. The molecule has 0 spiro atoms. The van der Waals surface area contributed by atoms with Crippen LogP contribution >= 0.6 is 0 Å². The molecule has 1 rings (SSSR count). The van der Waals surface area contributed by atoms with E-state index in [0.29, 0.717) is 6.04 Å². The van der Waals surface area contributed by atoms with Gasteiger partial charge in [0.2, 0.25) is 0 Å². The molecular weight excluding hydrogens is 232 g/mol. The van der Waals surface area contributed by atoms with Crippen LogP contribution in [0.25, 0.3) is 0 Å². The summed E-state index contributed by atoms with van der Waals surface area (Å²) in [7, 11) is 0. The molecule has 2 unspecified atom stereocenters. The van der Waals surface area contributed by atoms with Crippen molar-refractivity contribution in [1.82, 2.24) is 10.2 Å². The van der Waals surface area contributed by atoms with Crippen molar-refractivity contribution in [1.29, 1.82) is 0 Å². The molecular formula is C13H28N2O3. The van der Waals surface area contributed by atoms with Crippen LogP contribution in [0.15, 0.2) is 0 Å². The highest BCUT2D eigenvalue weighted by molar-refractivity contribution is 4.83. The Kier molecular flexibility index (Phi) is 8.54. The van der Waals surface area contributed by atoms with Crippen molar-refractivity contribution in [2.45, 2.75) is 32.4 Å². The summed E-state index contributed by atoms with van der Waals surface area (Å²) in [4.78, 5) is 2.35. The lowest BCUT2D eigenvalue weighted by atomic mass is 10.2. The Morgan fingerprint density at radius 3 is 2.22 bits per heavy atom. The van der Waals surface area contributed by atoms with E-state index >= 15 is 0 Å². The normalized spacial score (nSPS) is 24.0. The van der Waals surface area contributed by atoms with Gasteiger partial charge >= 0.3 is 0 Å². The van der Waals surface area contributed by atoms with Crippen LogP contribution in [-0.2, 0) is 9.47 Å². The summed E-state index contributed by atoms with van der Waals surface area (Å²) in [5.41, 5.74) is 0. The molecule has 108 valence electrons. The van der Waals surface area contributed by atoms with Gasteiger partial charge in [-0.2, -0.15) is 0 Å². The third-order valence-electron chi connectivity index (χ3n) is 3.19. The molecule has 5 heteroatoms. The molecule has 0 aromatic heterocycles. The molecule has 1 saturated heterocycles. The van der Waals surface area contributed by atoms with E-state index in [4.69, 9.17) is 9.47 Å². The van der Waals surface area contributed by atoms with Crippen LogP contribution in [0.4, 0.5) is 0 Å². The Morgan fingerprint density at radius 2 is 1.78 bits per heavy atom. The van der Waals surface area contributed by atoms with Gasteiger partial charge in [-0.25, -0.2) is 0 Å². The molecule has 0 amide bonds. The Balaban J connectivity index is 2.23. The Morgan fingerprint density at radius 1 is 1.17 bits per heavy atom. The summed E-state index contributed by atoms with van der Waals surface area (Å²) in [6.07, 6.45) is 0.662. The van der Waals surface area contributed by atoms with E-state index in [-0.39, 0.29) is 6.10 Å². The van der Waals surface area contributed by atoms with Crippen LogP contribution in [0.3, 0.4) is 0 Å². The number of hydrogen-bond acceptors (Lipinski definition) is 5. The smallest absolute Gasteiger partial charge is 0.0680 e. The highest BCUT2D eigenvalue weighted by Crippen LogP contribution is 2.08. The lowest BCUT2D eigenvalue weighted by Gasteiger charge is -2.25. The van der Waals surface area contributed by atoms with Gasteiger partial charge < -0.3 is 19.9 Å². The number of rotatable bonds is 10. The van der Waals surface area contributed by atoms with Gasteiger partial charge in [0.1, 0.15) is 0 Å². The molecule has 0 radical (unpaired) electrons. The predicted octanol–water partition coefficient (Wildman–Crippen LogP) is 0.0842. The zero-order chi connectivity index (χ0) is 13.2. The van der Waals surface area contributed by atoms with Crippen LogP contribution in [0.5, 0.6) is 0 Å². The third kappa shape index (κ3) is 6.66. The number of aliphatic hydroxyl groups excluding tert-OH is 1. The van der Waals surface area contributed by atoms with E-state index in [1.807, 2.05) is 13.8 Å². The highest BCUT2D eigenvalue weighted by Gasteiger charge is 2.23. The fourth-order valence-electron chi connectivity index (χ4n) is 2.22. The van der Waals surface area contributed by atoms with Gasteiger partial charge in [-0.15, -0.1) is 0 Å². The van der Waals surface area contributed by atoms with Gasteiger partial charge in [-0.05, 0) is 20.3 Å². The topological polar surface area (TPSA) is 54.0 Å². The average Bonchev–Trinajstić information content (AvgIpc) is 2.75. The summed E-state index contributed by atoms with van der Waals surface area (Å²) in [6, 6.07) is 0.392. The monoisotopic (exact) mass is 260 g/mol. The van der Waals surface area contributed by atoms with Gasteiger partial charge in [0.05, 0.1) is 19.3 Å². The summed E-state index contributed by atoms with van der Waals surface area (Å²) in [5.74, 6) is 0. The molecule has 5 nitrogen and oxygen atoms in total. The van der Waals surface area contributed by atoms with E-state index in [1.165, 1.54) is 0 Å². The van der Waals surface area contributed by atoms with E-state index in [2.05, 4.69) is 10.2 Å². The maximum Gasteiger partial charge on any atom is 0.0680 e. The number of aliphatic hydroxyl groups is 1. The number of ether oxygens (including phenoxy) is 2. The standard InChI is InChI=1S/C13H28N2O3/c1-3-17-7-5-15(6-8-18-4-2)11-12-9-13(16)10-14-12/h12-14,16H,3-11H2,1-2H3. The fraction of sp³-hybridized carbons (Fsp3) is 1.00. The minimum atomic E-state index is -0.185. The van der Waals surface area contributed by atoms with Crippen molar-refractivity contribution >= 4 is 0 Å². The quantitative estimate of drug-likeness (QED) is 0.545. The number of nitrogens with one attached hydrogen (secondary N) is 1. The Labute approximate surface area is 110 Å². The lowest BCUT2D eigenvalue weighted by molar-refractivity contribution is 0.0786. The first-order valence-corrected chi connectivity index (χ1v) is 7.05. The molecule has 0 bridgehead atoms. The molecule has 1 aliphatic rings. The van der Waals surface area contributed by atoms with Gasteiger partial charge in [0.25, 0.3) is 0 Å². The van der Waals surface area contributed by atoms with Crippen LogP contribution in [-0.4, -0.2) is 74.8 Å². The first kappa shape index (κ1) is 15.9. The van der Waals surface area contributed by atoms with Crippen molar-refractivity contribution in [3.05, 3.63) is 0 Å². The van der Waals surface area contributed by atoms with Gasteiger partial charge in [0.15, 0.2) is 0 Å². The average molecular weight is 260 g/mol. The van der Waals surface area contributed by atoms with Gasteiger partial charge in [0, 0.05) is 45.4 Å². The summed E-state index contributed by atoms with van der Waals surface area (Å²) < 4.78 is 10.8. The van der Waals surface area contributed by atoms with E-state index in [9.17, 15) is 5.11 Å². The van der Waals surface area contributed by atoms with E-state index in [1.54, 1.807) is 0 Å². The molecule has 1 heterocycles. The predicted molar refractivity (Wildman–Crippen MR) is 71.8 cm³/mol. The SMILES string of the molecule is CCOCCN(CCOCC)CC1CC(O)CN1. The van der Waals surface area contributed by atoms with Crippen molar-refractivity contribution in [3.8, 4) is 0 Å². The second-order valence-corrected chi connectivity index (χ2v) is 4.69. The van der Waals surface area contributed by atoms with Crippen molar-refractivity contribution in [2.75, 3.05) is 52.6 Å². The molecule has 18 heavy (non-hydrogen) atoms. The van der Waals surface area contributed by atoms with Crippen molar-refractivity contribution in [3.63, 3.8) is 0 Å². The molecule has 1 fully saturated rings.